The van der Waals surface area contributed by atoms with Crippen molar-refractivity contribution in [2.45, 2.75) is 0 Å². The summed E-state index contributed by atoms with van der Waals surface area (Å²) >= 11 is 13.1. The van der Waals surface area contributed by atoms with E-state index in [2.05, 4.69) is 4.98 Å². The van der Waals surface area contributed by atoms with Crippen LogP contribution in [0.5, 0.6) is 0 Å². The Kier molecular flexibility index (Phi) is 3.27. The van der Waals surface area contributed by atoms with Gasteiger partial charge in [-0.2, -0.15) is 0 Å². The number of pyridine rings is 1. The number of nitrogens with zero attached hydrogens (tertiary/aromatic N) is 1. The Labute approximate surface area is 123 Å². The van der Waals surface area contributed by atoms with Gasteiger partial charge in [0.05, 0.1) is 9.90 Å². The molecule has 0 unspecified atom stereocenters. The number of thiophene rings is 1. The largest absolute Gasteiger partial charge is 0.288 e. The third-order valence-corrected chi connectivity index (χ3v) is 4.31. The summed E-state index contributed by atoms with van der Waals surface area (Å²) < 4.78 is 0.927. The van der Waals surface area contributed by atoms with Crippen LogP contribution in [0.1, 0.15) is 15.9 Å². The minimum atomic E-state index is -0.120. The molecule has 0 saturated carbocycles. The van der Waals surface area contributed by atoms with E-state index in [1.807, 2.05) is 18.2 Å². The van der Waals surface area contributed by atoms with Crippen molar-refractivity contribution in [3.8, 4) is 0 Å². The molecule has 0 N–H and O–H groups in total. The number of ketones is 1. The van der Waals surface area contributed by atoms with Gasteiger partial charge in [0.1, 0.15) is 4.34 Å². The summed E-state index contributed by atoms with van der Waals surface area (Å²) in [5, 5.41) is 1.78. The molecule has 3 rings (SSSR count). The minimum absolute atomic E-state index is 0.120. The fourth-order valence-corrected chi connectivity index (χ4v) is 3.42. The normalized spacial score (nSPS) is 10.8. The van der Waals surface area contributed by atoms with Crippen LogP contribution in [0.25, 0.3) is 10.8 Å². The third kappa shape index (κ3) is 2.25. The van der Waals surface area contributed by atoms with Gasteiger partial charge in [-0.15, -0.1) is 11.3 Å². The van der Waals surface area contributed by atoms with Crippen molar-refractivity contribution < 1.29 is 4.79 Å². The van der Waals surface area contributed by atoms with Crippen LogP contribution >= 0.6 is 34.5 Å². The molecule has 19 heavy (non-hydrogen) atoms. The topological polar surface area (TPSA) is 30.0 Å². The van der Waals surface area contributed by atoms with Crippen molar-refractivity contribution in [2.75, 3.05) is 0 Å². The van der Waals surface area contributed by atoms with Gasteiger partial charge in [-0.05, 0) is 17.5 Å². The van der Waals surface area contributed by atoms with Crippen LogP contribution < -0.4 is 0 Å². The highest BCUT2D eigenvalue weighted by Crippen LogP contribution is 2.33. The molecule has 0 bridgehead atoms. The number of benzene rings is 1. The first kappa shape index (κ1) is 12.6. The molecule has 2 aromatic heterocycles. The molecule has 3 aromatic rings. The van der Waals surface area contributed by atoms with Crippen molar-refractivity contribution in [3.05, 3.63) is 62.5 Å². The predicted molar refractivity (Wildman–Crippen MR) is 79.5 cm³/mol. The molecule has 0 radical (unpaired) electrons. The van der Waals surface area contributed by atoms with E-state index < -0.39 is 0 Å². The summed E-state index contributed by atoms with van der Waals surface area (Å²) in [7, 11) is 0. The highest BCUT2D eigenvalue weighted by Gasteiger charge is 2.17. The number of hydrogen-bond acceptors (Lipinski definition) is 3. The van der Waals surface area contributed by atoms with Crippen molar-refractivity contribution in [1.29, 1.82) is 0 Å². The fraction of sp³-hybridized carbons (Fsp3) is 0. The van der Waals surface area contributed by atoms with Crippen molar-refractivity contribution in [2.24, 2.45) is 0 Å². The molecule has 0 spiro atoms. The van der Waals surface area contributed by atoms with Gasteiger partial charge >= 0.3 is 0 Å². The minimum Gasteiger partial charge on any atom is -0.288 e. The van der Waals surface area contributed by atoms with Crippen molar-refractivity contribution in [3.63, 3.8) is 0 Å². The SMILES string of the molecule is O=C(c1cc(Cl)sc1Cl)c1cccc2cnccc12. The summed E-state index contributed by atoms with van der Waals surface area (Å²) in [5.41, 5.74) is 1.05. The number of hydrogen-bond donors (Lipinski definition) is 0. The van der Waals surface area contributed by atoms with Gasteiger partial charge in [0.2, 0.25) is 0 Å². The van der Waals surface area contributed by atoms with Crippen LogP contribution in [0, 0.1) is 0 Å². The molecule has 0 aliphatic rings. The lowest BCUT2D eigenvalue weighted by molar-refractivity contribution is 0.104. The van der Waals surface area contributed by atoms with Crippen LogP contribution in [0.4, 0.5) is 0 Å². The van der Waals surface area contributed by atoms with Gasteiger partial charge in [0, 0.05) is 23.3 Å². The molecule has 0 saturated heterocycles. The van der Waals surface area contributed by atoms with Gasteiger partial charge in [0.25, 0.3) is 0 Å². The number of aromatic nitrogens is 1. The zero-order valence-corrected chi connectivity index (χ0v) is 11.9. The molecule has 0 amide bonds. The summed E-state index contributed by atoms with van der Waals surface area (Å²) in [6.45, 7) is 0. The van der Waals surface area contributed by atoms with E-state index in [9.17, 15) is 4.79 Å². The van der Waals surface area contributed by atoms with Crippen LogP contribution in [-0.2, 0) is 0 Å². The maximum Gasteiger partial charge on any atom is 0.196 e. The monoisotopic (exact) mass is 307 g/mol. The molecule has 0 aliphatic carbocycles. The van der Waals surface area contributed by atoms with Crippen LogP contribution in [-0.4, -0.2) is 10.8 Å². The standard InChI is InChI=1S/C14H7Cl2NOS/c15-12-6-11(14(16)19-12)13(18)10-3-1-2-8-7-17-5-4-9(8)10/h1-7H. The summed E-state index contributed by atoms with van der Waals surface area (Å²) in [4.78, 5) is 16.6. The Morgan fingerprint density at radius 1 is 1.16 bits per heavy atom. The smallest absolute Gasteiger partial charge is 0.196 e. The van der Waals surface area contributed by atoms with Gasteiger partial charge < -0.3 is 0 Å². The second-order valence-corrected chi connectivity index (χ2v) is 6.25. The Morgan fingerprint density at radius 3 is 2.74 bits per heavy atom. The molecule has 2 heterocycles. The quantitative estimate of drug-likeness (QED) is 0.634. The average Bonchev–Trinajstić information content (AvgIpc) is 2.76. The first-order chi connectivity index (χ1) is 9.16. The summed E-state index contributed by atoms with van der Waals surface area (Å²) in [6, 6.07) is 8.97. The number of carbonyl (C=O) groups excluding carboxylic acids is 1. The molecular weight excluding hydrogens is 301 g/mol. The van der Waals surface area contributed by atoms with Crippen LogP contribution in [0.15, 0.2) is 42.7 Å². The van der Waals surface area contributed by atoms with Gasteiger partial charge in [-0.25, -0.2) is 0 Å². The third-order valence-electron chi connectivity index (χ3n) is 2.83. The Hall–Kier alpha value is -1.42. The second-order valence-electron chi connectivity index (χ2n) is 3.97. The Bertz CT molecular complexity index is 777. The summed E-state index contributed by atoms with van der Waals surface area (Å²) in [6.07, 6.45) is 3.40. The molecule has 0 atom stereocenters. The zero-order valence-electron chi connectivity index (χ0n) is 9.56. The number of fused-ring (bicyclic) bond motifs is 1. The van der Waals surface area contributed by atoms with E-state index in [0.717, 1.165) is 10.8 Å². The van der Waals surface area contributed by atoms with Crippen molar-refractivity contribution in [1.82, 2.24) is 4.98 Å². The van der Waals surface area contributed by atoms with Gasteiger partial charge in [-0.3, -0.25) is 9.78 Å². The lowest BCUT2D eigenvalue weighted by atomic mass is 10.00. The van der Waals surface area contributed by atoms with Gasteiger partial charge in [-0.1, -0.05) is 41.4 Å². The Morgan fingerprint density at radius 2 is 2.00 bits per heavy atom. The molecule has 94 valence electrons. The highest BCUT2D eigenvalue weighted by atomic mass is 35.5. The fourth-order valence-electron chi connectivity index (χ4n) is 1.96. The molecular formula is C14H7Cl2NOS. The Balaban J connectivity index is 2.19. The second kappa shape index (κ2) is 4.93. The average molecular weight is 308 g/mol. The lowest BCUT2D eigenvalue weighted by Crippen LogP contribution is -2.01. The first-order valence-corrected chi connectivity index (χ1v) is 7.06. The molecule has 0 fully saturated rings. The van der Waals surface area contributed by atoms with E-state index in [1.165, 1.54) is 11.3 Å². The van der Waals surface area contributed by atoms with E-state index in [4.69, 9.17) is 23.2 Å². The van der Waals surface area contributed by atoms with E-state index >= 15 is 0 Å². The van der Waals surface area contributed by atoms with E-state index in [1.54, 1.807) is 24.5 Å². The maximum atomic E-state index is 12.5. The summed E-state index contributed by atoms with van der Waals surface area (Å²) in [5.74, 6) is -0.120. The lowest BCUT2D eigenvalue weighted by Gasteiger charge is -2.04. The molecule has 1 aromatic carbocycles. The predicted octanol–water partition coefficient (Wildman–Crippen LogP) is 4.83. The van der Waals surface area contributed by atoms with E-state index in [-0.39, 0.29) is 5.78 Å². The van der Waals surface area contributed by atoms with Crippen LogP contribution in [0.2, 0.25) is 8.67 Å². The van der Waals surface area contributed by atoms with E-state index in [0.29, 0.717) is 19.8 Å². The van der Waals surface area contributed by atoms with Gasteiger partial charge in [0.15, 0.2) is 5.78 Å². The number of rotatable bonds is 2. The van der Waals surface area contributed by atoms with Crippen molar-refractivity contribution >= 4 is 51.1 Å². The number of carbonyl (C=O) groups is 1. The molecule has 5 heteroatoms. The first-order valence-electron chi connectivity index (χ1n) is 5.49. The highest BCUT2D eigenvalue weighted by molar-refractivity contribution is 7.20. The zero-order chi connectivity index (χ0) is 13.4. The molecule has 2 nitrogen and oxygen atoms in total. The maximum absolute atomic E-state index is 12.5. The molecule has 0 aliphatic heterocycles. The van der Waals surface area contributed by atoms with Crippen LogP contribution in [0.3, 0.4) is 0 Å². The number of halogens is 2.